The van der Waals surface area contributed by atoms with E-state index in [0.717, 1.165) is 11.1 Å². The zero-order valence-corrected chi connectivity index (χ0v) is 20.3. The lowest BCUT2D eigenvalue weighted by atomic mass is 9.94. The Morgan fingerprint density at radius 1 is 0.919 bits per heavy atom. The Morgan fingerprint density at radius 3 is 2.30 bits per heavy atom. The lowest BCUT2D eigenvalue weighted by Gasteiger charge is -2.22. The number of hydrogen-bond acceptors (Lipinski definition) is 5. The first-order valence-electron chi connectivity index (χ1n) is 11.7. The molecule has 0 saturated carbocycles. The summed E-state index contributed by atoms with van der Waals surface area (Å²) < 4.78 is 13.2. The minimum absolute atomic E-state index is 0.107. The molecule has 3 aromatic carbocycles. The molecule has 0 saturated heterocycles. The van der Waals surface area contributed by atoms with E-state index in [2.05, 4.69) is 4.98 Å². The number of carbonyl (C=O) groups excluding carboxylic acids is 1. The van der Waals surface area contributed by atoms with E-state index in [-0.39, 0.29) is 5.56 Å². The Hall–Kier alpha value is -4.91. The van der Waals surface area contributed by atoms with Crippen LogP contribution >= 0.6 is 0 Å². The number of fused-ring (bicyclic) bond motifs is 1. The van der Waals surface area contributed by atoms with Crippen molar-refractivity contribution in [2.45, 2.75) is 13.0 Å². The number of aryl methyl sites for hydroxylation is 1. The van der Waals surface area contributed by atoms with Gasteiger partial charge in [0.1, 0.15) is 5.65 Å². The van der Waals surface area contributed by atoms with Crippen LogP contribution in [0.15, 0.2) is 97.2 Å². The summed E-state index contributed by atoms with van der Waals surface area (Å²) in [5.41, 5.74) is 4.52. The molecule has 2 aromatic heterocycles. The summed E-state index contributed by atoms with van der Waals surface area (Å²) in [5.74, 6) is -1.20. The number of nitrogens with zero attached hydrogens (tertiary/aromatic N) is 2. The fraction of sp³-hybridized carbons (Fsp3) is 0.100. The predicted octanol–water partition coefficient (Wildman–Crippen LogP) is 5.96. The summed E-state index contributed by atoms with van der Waals surface area (Å²) in [4.78, 5) is 30.0. The van der Waals surface area contributed by atoms with Gasteiger partial charge < -0.3 is 14.6 Å². The fourth-order valence-electron chi connectivity index (χ4n) is 4.33. The van der Waals surface area contributed by atoms with Crippen molar-refractivity contribution in [3.8, 4) is 17.0 Å². The molecule has 0 aliphatic heterocycles. The quantitative estimate of drug-likeness (QED) is 0.282. The topological polar surface area (TPSA) is 90.1 Å². The van der Waals surface area contributed by atoms with E-state index >= 15 is 0 Å². The average Bonchev–Trinajstić information content (AvgIpc) is 3.38. The van der Waals surface area contributed by atoms with Gasteiger partial charge in [0.05, 0.1) is 30.1 Å². The second kappa shape index (κ2) is 9.99. The Kier molecular flexibility index (Phi) is 6.43. The Morgan fingerprint density at radius 2 is 1.62 bits per heavy atom. The molecule has 5 aromatic rings. The van der Waals surface area contributed by atoms with Gasteiger partial charge >= 0.3 is 11.9 Å². The van der Waals surface area contributed by atoms with Crippen LogP contribution in [0.25, 0.3) is 16.8 Å². The number of hydrogen-bond donors (Lipinski definition) is 1. The lowest BCUT2D eigenvalue weighted by Crippen LogP contribution is -2.16. The number of carbonyl (C=O) groups is 2. The third kappa shape index (κ3) is 4.67. The normalized spacial score (nSPS) is 11.7. The van der Waals surface area contributed by atoms with Crippen molar-refractivity contribution in [2.75, 3.05) is 7.11 Å². The fourth-order valence-corrected chi connectivity index (χ4v) is 4.33. The second-order valence-electron chi connectivity index (χ2n) is 8.55. The van der Waals surface area contributed by atoms with Gasteiger partial charge in [0.2, 0.25) is 5.88 Å². The van der Waals surface area contributed by atoms with Gasteiger partial charge in [-0.1, -0.05) is 66.7 Å². The highest BCUT2D eigenvalue weighted by Gasteiger charge is 2.26. The first-order chi connectivity index (χ1) is 18.0. The van der Waals surface area contributed by atoms with Gasteiger partial charge in [0, 0.05) is 0 Å². The number of rotatable bonds is 7. The molecular formula is C30H24N2O5. The third-order valence-electron chi connectivity index (χ3n) is 6.19. The van der Waals surface area contributed by atoms with Gasteiger partial charge in [-0.2, -0.15) is 4.98 Å². The molecule has 0 aliphatic rings. The standard InChI is InChI=1S/C30H24N2O5/c1-19-13-16-25(32-18-26(36-2)31-28(19)32)27(37-30(35)21-11-7-4-8-12-21)22-14-15-23(24(17-22)29(33)34)20-9-5-3-6-10-20/h3-18,27H,1-2H3,(H,33,34). The minimum Gasteiger partial charge on any atom is -0.480 e. The van der Waals surface area contributed by atoms with Gasteiger partial charge in [-0.05, 0) is 53.4 Å². The van der Waals surface area contributed by atoms with E-state index in [1.165, 1.54) is 7.11 Å². The average molecular weight is 493 g/mol. The van der Waals surface area contributed by atoms with Crippen LogP contribution in [-0.2, 0) is 4.74 Å². The van der Waals surface area contributed by atoms with Crippen LogP contribution in [0, 0.1) is 6.92 Å². The zero-order valence-electron chi connectivity index (χ0n) is 20.3. The summed E-state index contributed by atoms with van der Waals surface area (Å²) in [5, 5.41) is 10.1. The molecule has 7 heteroatoms. The molecule has 1 atom stereocenters. The van der Waals surface area contributed by atoms with Crippen LogP contribution < -0.4 is 4.74 Å². The summed E-state index contributed by atoms with van der Waals surface area (Å²) in [7, 11) is 1.53. The maximum atomic E-state index is 13.2. The van der Waals surface area contributed by atoms with Crippen LogP contribution in [0.5, 0.6) is 5.88 Å². The maximum Gasteiger partial charge on any atom is 0.339 e. The summed E-state index contributed by atoms with van der Waals surface area (Å²) in [6.45, 7) is 1.92. The van der Waals surface area contributed by atoms with Crippen molar-refractivity contribution in [1.82, 2.24) is 9.38 Å². The molecule has 0 radical (unpaired) electrons. The van der Waals surface area contributed by atoms with Crippen molar-refractivity contribution < 1.29 is 24.2 Å². The molecule has 37 heavy (non-hydrogen) atoms. The number of carboxylic acids is 1. The second-order valence-corrected chi connectivity index (χ2v) is 8.55. The van der Waals surface area contributed by atoms with E-state index in [9.17, 15) is 14.7 Å². The van der Waals surface area contributed by atoms with Crippen LogP contribution in [0.1, 0.15) is 43.6 Å². The van der Waals surface area contributed by atoms with Crippen LogP contribution in [-0.4, -0.2) is 33.5 Å². The molecule has 1 unspecified atom stereocenters. The summed E-state index contributed by atoms with van der Waals surface area (Å²) in [6.07, 6.45) is 0.801. The van der Waals surface area contributed by atoms with Crippen LogP contribution in [0.4, 0.5) is 0 Å². The van der Waals surface area contributed by atoms with E-state index in [0.29, 0.717) is 33.9 Å². The molecular weight excluding hydrogens is 468 g/mol. The highest BCUT2D eigenvalue weighted by atomic mass is 16.5. The minimum atomic E-state index is -1.08. The van der Waals surface area contributed by atoms with Crippen LogP contribution in [0.3, 0.4) is 0 Å². The molecule has 0 spiro atoms. The number of methoxy groups -OCH3 is 1. The molecule has 1 N–H and O–H groups in total. The molecule has 0 aliphatic carbocycles. The van der Waals surface area contributed by atoms with Crippen LogP contribution in [0.2, 0.25) is 0 Å². The van der Waals surface area contributed by atoms with Crippen molar-refractivity contribution in [3.05, 3.63) is 125 Å². The summed E-state index contributed by atoms with van der Waals surface area (Å²) in [6, 6.07) is 26.8. The van der Waals surface area contributed by atoms with Crippen molar-refractivity contribution in [3.63, 3.8) is 0 Å². The molecule has 5 rings (SSSR count). The molecule has 0 fully saturated rings. The highest BCUT2D eigenvalue weighted by molar-refractivity contribution is 5.96. The number of ether oxygens (including phenoxy) is 2. The molecule has 7 nitrogen and oxygen atoms in total. The molecule has 2 heterocycles. The Bertz CT molecular complexity index is 1590. The predicted molar refractivity (Wildman–Crippen MR) is 139 cm³/mol. The number of esters is 1. The molecule has 0 bridgehead atoms. The monoisotopic (exact) mass is 492 g/mol. The third-order valence-corrected chi connectivity index (χ3v) is 6.19. The van der Waals surface area contributed by atoms with E-state index < -0.39 is 18.0 Å². The number of pyridine rings is 1. The maximum absolute atomic E-state index is 13.2. The van der Waals surface area contributed by atoms with Crippen molar-refractivity contribution in [2.24, 2.45) is 0 Å². The van der Waals surface area contributed by atoms with Gasteiger partial charge in [-0.25, -0.2) is 9.59 Å². The Labute approximate surface area is 213 Å². The first-order valence-corrected chi connectivity index (χ1v) is 11.7. The number of benzene rings is 3. The van der Waals surface area contributed by atoms with E-state index in [1.807, 2.05) is 59.9 Å². The number of aromatic carboxylic acids is 1. The number of aromatic nitrogens is 2. The van der Waals surface area contributed by atoms with Gasteiger partial charge in [0.25, 0.3) is 0 Å². The number of carboxylic acid groups (broad SMARTS) is 1. The van der Waals surface area contributed by atoms with E-state index in [4.69, 9.17) is 9.47 Å². The first kappa shape index (κ1) is 23.8. The molecule has 0 amide bonds. The summed E-state index contributed by atoms with van der Waals surface area (Å²) >= 11 is 0. The lowest BCUT2D eigenvalue weighted by molar-refractivity contribution is 0.0368. The van der Waals surface area contributed by atoms with Gasteiger partial charge in [0.15, 0.2) is 6.10 Å². The van der Waals surface area contributed by atoms with Crippen molar-refractivity contribution in [1.29, 1.82) is 0 Å². The number of imidazole rings is 1. The SMILES string of the molecule is COc1cn2c(C(OC(=O)c3ccccc3)c3ccc(-c4ccccc4)c(C(=O)O)c3)ccc(C)c2n1. The van der Waals surface area contributed by atoms with E-state index in [1.54, 1.807) is 48.7 Å². The van der Waals surface area contributed by atoms with Gasteiger partial charge in [-0.3, -0.25) is 4.40 Å². The molecule has 184 valence electrons. The largest absolute Gasteiger partial charge is 0.480 e. The Balaban J connectivity index is 1.68. The highest BCUT2D eigenvalue weighted by Crippen LogP contribution is 2.33. The van der Waals surface area contributed by atoms with Gasteiger partial charge in [-0.15, -0.1) is 0 Å². The smallest absolute Gasteiger partial charge is 0.339 e. The van der Waals surface area contributed by atoms with Crippen molar-refractivity contribution >= 4 is 17.6 Å². The zero-order chi connectivity index (χ0) is 25.9.